The number of benzene rings is 2. The zero-order chi connectivity index (χ0) is 21.6. The summed E-state index contributed by atoms with van der Waals surface area (Å²) in [5, 5.41) is 3.50. The van der Waals surface area contributed by atoms with Crippen LogP contribution in [0.25, 0.3) is 0 Å². The number of furan rings is 1. The summed E-state index contributed by atoms with van der Waals surface area (Å²) in [5.41, 5.74) is 2.71. The van der Waals surface area contributed by atoms with Crippen LogP contribution in [0, 0.1) is 5.92 Å². The maximum atomic E-state index is 12.7. The van der Waals surface area contributed by atoms with Gasteiger partial charge in [-0.25, -0.2) is 0 Å². The number of nitrogens with zero attached hydrogens (tertiary/aromatic N) is 1. The molecule has 3 aromatic rings. The van der Waals surface area contributed by atoms with Crippen molar-refractivity contribution in [2.24, 2.45) is 5.92 Å². The van der Waals surface area contributed by atoms with Gasteiger partial charge in [-0.3, -0.25) is 9.59 Å². The molecule has 160 valence electrons. The highest BCUT2D eigenvalue weighted by Gasteiger charge is 2.37. The fourth-order valence-electron chi connectivity index (χ4n) is 3.61. The third kappa shape index (κ3) is 5.34. The Morgan fingerprint density at radius 1 is 1.10 bits per heavy atom. The molecule has 0 aliphatic carbocycles. The van der Waals surface area contributed by atoms with Crippen LogP contribution in [0.1, 0.15) is 23.3 Å². The van der Waals surface area contributed by atoms with Crippen LogP contribution in [-0.2, 0) is 34.1 Å². The van der Waals surface area contributed by atoms with Gasteiger partial charge in [0.1, 0.15) is 18.3 Å². The van der Waals surface area contributed by atoms with E-state index in [4.69, 9.17) is 20.8 Å². The van der Waals surface area contributed by atoms with E-state index >= 15 is 0 Å². The average Bonchev–Trinajstić information content (AvgIpc) is 3.43. The number of nitrogens with one attached hydrogen (secondary N) is 1. The van der Waals surface area contributed by atoms with Gasteiger partial charge in [0.2, 0.25) is 11.8 Å². The number of amides is 2. The van der Waals surface area contributed by atoms with Gasteiger partial charge >= 0.3 is 0 Å². The van der Waals surface area contributed by atoms with Crippen LogP contribution < -0.4 is 10.2 Å². The fraction of sp³-hybridized carbons (Fsp3) is 0.250. The maximum Gasteiger partial charge on any atom is 0.239 e. The van der Waals surface area contributed by atoms with Crippen LogP contribution >= 0.6 is 11.6 Å². The van der Waals surface area contributed by atoms with Gasteiger partial charge in [0.25, 0.3) is 0 Å². The predicted molar refractivity (Wildman–Crippen MR) is 117 cm³/mol. The predicted octanol–water partition coefficient (Wildman–Crippen LogP) is 4.32. The van der Waals surface area contributed by atoms with Crippen LogP contribution in [0.3, 0.4) is 0 Å². The molecule has 1 N–H and O–H groups in total. The summed E-state index contributed by atoms with van der Waals surface area (Å²) in [6.07, 6.45) is 2.11. The molecule has 4 rings (SSSR count). The Morgan fingerprint density at radius 3 is 2.68 bits per heavy atom. The first kappa shape index (κ1) is 21.2. The zero-order valence-electron chi connectivity index (χ0n) is 16.9. The van der Waals surface area contributed by atoms with E-state index < -0.39 is 5.92 Å². The van der Waals surface area contributed by atoms with Crippen LogP contribution in [0.2, 0.25) is 5.02 Å². The molecule has 2 aromatic carbocycles. The molecule has 1 atom stereocenters. The van der Waals surface area contributed by atoms with E-state index in [2.05, 4.69) is 5.32 Å². The normalized spacial score (nSPS) is 16.0. The number of carbonyl (C=O) groups is 2. The Hall–Kier alpha value is -3.09. The van der Waals surface area contributed by atoms with Crippen molar-refractivity contribution in [3.8, 4) is 0 Å². The summed E-state index contributed by atoms with van der Waals surface area (Å²) < 4.78 is 10.9. The highest BCUT2D eigenvalue weighted by molar-refractivity contribution is 6.30. The van der Waals surface area contributed by atoms with E-state index in [-0.39, 0.29) is 11.8 Å². The van der Waals surface area contributed by atoms with E-state index in [1.54, 1.807) is 35.4 Å². The van der Waals surface area contributed by atoms with Crippen molar-refractivity contribution < 1.29 is 18.7 Å². The number of hydrogen-bond donors (Lipinski definition) is 1. The summed E-state index contributed by atoms with van der Waals surface area (Å²) in [5.74, 6) is -0.325. The molecule has 1 unspecified atom stereocenters. The highest BCUT2D eigenvalue weighted by atomic mass is 35.5. The molecule has 31 heavy (non-hydrogen) atoms. The highest BCUT2D eigenvalue weighted by Crippen LogP contribution is 2.26. The van der Waals surface area contributed by atoms with Crippen molar-refractivity contribution in [2.75, 3.05) is 11.4 Å². The lowest BCUT2D eigenvalue weighted by Crippen LogP contribution is -2.36. The van der Waals surface area contributed by atoms with Crippen LogP contribution in [0.15, 0.2) is 71.3 Å². The third-order valence-corrected chi connectivity index (χ3v) is 5.46. The van der Waals surface area contributed by atoms with Gasteiger partial charge < -0.3 is 19.4 Å². The van der Waals surface area contributed by atoms with Crippen molar-refractivity contribution >= 4 is 29.1 Å². The van der Waals surface area contributed by atoms with Crippen molar-refractivity contribution in [1.82, 2.24) is 5.32 Å². The first-order valence-corrected chi connectivity index (χ1v) is 10.5. The van der Waals surface area contributed by atoms with Gasteiger partial charge in [-0.2, -0.15) is 0 Å². The minimum atomic E-state index is -0.671. The topological polar surface area (TPSA) is 71.8 Å². The Bertz CT molecular complexity index is 1030. The summed E-state index contributed by atoms with van der Waals surface area (Å²) in [6.45, 7) is 1.72. The van der Waals surface area contributed by atoms with Gasteiger partial charge in [0, 0.05) is 23.8 Å². The summed E-state index contributed by atoms with van der Waals surface area (Å²) >= 11 is 5.92. The molecule has 0 spiro atoms. The lowest BCUT2D eigenvalue weighted by atomic mass is 10.1. The summed E-state index contributed by atoms with van der Waals surface area (Å²) in [6, 6.07) is 18.6. The molecule has 1 aliphatic heterocycles. The molecule has 1 fully saturated rings. The second-order valence-corrected chi connectivity index (χ2v) is 7.85. The second-order valence-electron chi connectivity index (χ2n) is 7.42. The number of halogens is 1. The first-order valence-electron chi connectivity index (χ1n) is 10.1. The molecule has 0 radical (unpaired) electrons. The molecular formula is C24H23ClN2O4. The van der Waals surface area contributed by atoms with Gasteiger partial charge in [0.05, 0.1) is 12.9 Å². The quantitative estimate of drug-likeness (QED) is 0.532. The van der Waals surface area contributed by atoms with Crippen LogP contribution in [0.4, 0.5) is 5.69 Å². The number of carbonyl (C=O) groups excluding carboxylic acids is 2. The largest absolute Gasteiger partial charge is 0.467 e. The summed E-state index contributed by atoms with van der Waals surface area (Å²) in [4.78, 5) is 27.0. The van der Waals surface area contributed by atoms with Crippen molar-refractivity contribution in [1.29, 1.82) is 0 Å². The van der Waals surface area contributed by atoms with Gasteiger partial charge in [-0.15, -0.1) is 0 Å². The molecule has 1 aromatic heterocycles. The monoisotopic (exact) mass is 438 g/mol. The number of ether oxygens (including phenoxy) is 1. The van der Waals surface area contributed by atoms with Gasteiger partial charge in [0.15, 0.2) is 0 Å². The molecule has 0 saturated carbocycles. The van der Waals surface area contributed by atoms with E-state index in [0.29, 0.717) is 37.7 Å². The van der Waals surface area contributed by atoms with E-state index in [1.165, 1.54) is 0 Å². The molecule has 7 heteroatoms. The lowest BCUT2D eigenvalue weighted by Gasteiger charge is -2.17. The van der Waals surface area contributed by atoms with Gasteiger partial charge in [-0.1, -0.05) is 35.9 Å². The number of anilines is 1. The van der Waals surface area contributed by atoms with Gasteiger partial charge in [-0.05, 0) is 53.9 Å². The van der Waals surface area contributed by atoms with Crippen molar-refractivity contribution in [3.05, 3.63) is 88.8 Å². The molecule has 1 saturated heterocycles. The number of rotatable bonds is 8. The Labute approximate surface area is 185 Å². The Balaban J connectivity index is 1.28. The SMILES string of the molecule is O=C(NCc1cccc(COCc2ccco2)c1)C1CCN(c2ccc(Cl)cc2)C1=O. The number of hydrogen-bond acceptors (Lipinski definition) is 4. The van der Waals surface area contributed by atoms with E-state index in [1.807, 2.05) is 36.4 Å². The Morgan fingerprint density at radius 2 is 1.90 bits per heavy atom. The molecule has 0 bridgehead atoms. The minimum Gasteiger partial charge on any atom is -0.467 e. The van der Waals surface area contributed by atoms with E-state index in [0.717, 1.165) is 22.6 Å². The maximum absolute atomic E-state index is 12.7. The molecular weight excluding hydrogens is 416 g/mol. The zero-order valence-corrected chi connectivity index (χ0v) is 17.7. The lowest BCUT2D eigenvalue weighted by molar-refractivity contribution is -0.132. The molecule has 2 heterocycles. The molecule has 1 aliphatic rings. The van der Waals surface area contributed by atoms with Crippen LogP contribution in [0.5, 0.6) is 0 Å². The first-order chi connectivity index (χ1) is 15.1. The smallest absolute Gasteiger partial charge is 0.239 e. The van der Waals surface area contributed by atoms with E-state index in [9.17, 15) is 9.59 Å². The third-order valence-electron chi connectivity index (χ3n) is 5.21. The fourth-order valence-corrected chi connectivity index (χ4v) is 3.73. The Kier molecular flexibility index (Phi) is 6.70. The molecule has 2 amide bonds. The summed E-state index contributed by atoms with van der Waals surface area (Å²) in [7, 11) is 0. The minimum absolute atomic E-state index is 0.181. The average molecular weight is 439 g/mol. The molecule has 6 nitrogen and oxygen atoms in total. The van der Waals surface area contributed by atoms with Crippen LogP contribution in [-0.4, -0.2) is 18.4 Å². The standard InChI is InChI=1S/C24H23ClN2O4/c25-19-6-8-20(9-7-19)27-11-10-22(24(27)29)23(28)26-14-17-3-1-4-18(13-17)15-30-16-21-5-2-12-31-21/h1-9,12-13,22H,10-11,14-16H2,(H,26,28). The van der Waals surface area contributed by atoms with Crippen molar-refractivity contribution in [3.63, 3.8) is 0 Å². The second kappa shape index (κ2) is 9.81. The van der Waals surface area contributed by atoms with Crippen molar-refractivity contribution in [2.45, 2.75) is 26.2 Å².